The van der Waals surface area contributed by atoms with Gasteiger partial charge in [0.1, 0.15) is 0 Å². The van der Waals surface area contributed by atoms with E-state index in [4.69, 9.17) is 5.73 Å². The van der Waals surface area contributed by atoms with Gasteiger partial charge in [0.15, 0.2) is 0 Å². The van der Waals surface area contributed by atoms with Crippen LogP contribution in [0.2, 0.25) is 0 Å². The third-order valence-electron chi connectivity index (χ3n) is 0.689. The van der Waals surface area contributed by atoms with Gasteiger partial charge >= 0.3 is 19.5 Å². The number of aliphatic carboxylic acids is 2. The average molecular weight is 251 g/mol. The summed E-state index contributed by atoms with van der Waals surface area (Å²) < 4.78 is 0. The van der Waals surface area contributed by atoms with Gasteiger partial charge in [-0.1, -0.05) is 0 Å². The van der Waals surface area contributed by atoms with Gasteiger partial charge in [-0.2, -0.15) is 0 Å². The molecule has 0 saturated carbocycles. The van der Waals surface area contributed by atoms with Crippen molar-refractivity contribution in [2.24, 2.45) is 5.73 Å². The Morgan fingerprint density at radius 3 is 1.54 bits per heavy atom. The second-order valence-electron chi connectivity index (χ2n) is 1.50. The third kappa shape index (κ3) is 18.4. The number of carboxylic acid groups (broad SMARTS) is 2. The monoisotopic (exact) mass is 249 g/mol. The molecule has 0 rings (SSSR count). The summed E-state index contributed by atoms with van der Waals surface area (Å²) in [4.78, 5) is 19.3. The predicted molar refractivity (Wildman–Crippen MR) is 33.4 cm³/mol. The molecule has 0 amide bonds. The number of carbonyl (C=O) groups is 2. The minimum Gasteiger partial charge on any atom is -0.550 e. The zero-order valence-electron chi connectivity index (χ0n) is 6.70. The van der Waals surface area contributed by atoms with Gasteiger partial charge in [0.25, 0.3) is 0 Å². The molecule has 0 heterocycles. The van der Waals surface area contributed by atoms with Gasteiger partial charge < -0.3 is 42.0 Å². The SMILES string of the molecule is NC(CC(=O)[O-])C(=O)[O-].O.O.O.[Zn+2]. The molecular formula is C4H11NO7Zn. The quantitative estimate of drug-likeness (QED) is 0.484. The molecule has 0 aromatic rings. The maximum atomic E-state index is 9.71. The van der Waals surface area contributed by atoms with Crippen molar-refractivity contribution < 1.29 is 55.7 Å². The maximum absolute atomic E-state index is 9.71. The molecule has 0 aliphatic heterocycles. The largest absolute Gasteiger partial charge is 2.00 e. The Morgan fingerprint density at radius 1 is 1.15 bits per heavy atom. The van der Waals surface area contributed by atoms with Crippen LogP contribution in [-0.2, 0) is 29.1 Å². The zero-order chi connectivity index (χ0) is 7.44. The molecule has 0 bridgehead atoms. The molecule has 0 fully saturated rings. The van der Waals surface area contributed by atoms with Crippen LogP contribution >= 0.6 is 0 Å². The van der Waals surface area contributed by atoms with Crippen LogP contribution in [0.5, 0.6) is 0 Å². The van der Waals surface area contributed by atoms with E-state index in [1.165, 1.54) is 0 Å². The molecule has 8 N–H and O–H groups in total. The first-order valence-corrected chi connectivity index (χ1v) is 2.20. The molecule has 8 nitrogen and oxygen atoms in total. The van der Waals surface area contributed by atoms with E-state index in [9.17, 15) is 19.8 Å². The number of hydrogen-bond acceptors (Lipinski definition) is 5. The standard InChI is InChI=1S/C4H7NO4.3H2O.Zn/c5-2(4(8)9)1-3(6)7;;;;/h2H,1,5H2,(H,6,7)(H,8,9);3*1H2;/q;;;;+2/p-2. The zero-order valence-corrected chi connectivity index (χ0v) is 9.67. The molecule has 13 heavy (non-hydrogen) atoms. The Hall–Kier alpha value is -0.597. The van der Waals surface area contributed by atoms with Gasteiger partial charge in [-0.25, -0.2) is 0 Å². The molecule has 0 saturated heterocycles. The maximum Gasteiger partial charge on any atom is 2.00 e. The Kier molecular flexibility index (Phi) is 31.6. The van der Waals surface area contributed by atoms with Gasteiger partial charge in [0, 0.05) is 18.4 Å². The van der Waals surface area contributed by atoms with E-state index >= 15 is 0 Å². The van der Waals surface area contributed by atoms with Crippen LogP contribution in [0.15, 0.2) is 0 Å². The van der Waals surface area contributed by atoms with E-state index in [0.29, 0.717) is 0 Å². The summed E-state index contributed by atoms with van der Waals surface area (Å²) in [5.74, 6) is -3.08. The third-order valence-corrected chi connectivity index (χ3v) is 0.689. The number of nitrogens with two attached hydrogens (primary N) is 1. The number of hydrogen-bond donors (Lipinski definition) is 1. The van der Waals surface area contributed by atoms with Crippen molar-refractivity contribution in [1.82, 2.24) is 0 Å². The van der Waals surface area contributed by atoms with E-state index in [-0.39, 0.29) is 35.9 Å². The minimum absolute atomic E-state index is 0. The molecule has 0 spiro atoms. The first-order valence-electron chi connectivity index (χ1n) is 2.20. The van der Waals surface area contributed by atoms with Crippen LogP contribution in [0.4, 0.5) is 0 Å². The Morgan fingerprint density at radius 2 is 1.46 bits per heavy atom. The summed E-state index contributed by atoms with van der Waals surface area (Å²) in [6.07, 6.45) is -0.706. The van der Waals surface area contributed by atoms with E-state index in [1.807, 2.05) is 0 Å². The average Bonchev–Trinajstić information content (AvgIpc) is 1.63. The summed E-state index contributed by atoms with van der Waals surface area (Å²) >= 11 is 0. The molecule has 1 unspecified atom stereocenters. The summed E-state index contributed by atoms with van der Waals surface area (Å²) in [7, 11) is 0. The van der Waals surface area contributed by atoms with Crippen LogP contribution in [0.25, 0.3) is 0 Å². The molecule has 0 radical (unpaired) electrons. The molecule has 76 valence electrons. The van der Waals surface area contributed by atoms with Gasteiger partial charge in [-0.05, 0) is 0 Å². The smallest absolute Gasteiger partial charge is 0.550 e. The van der Waals surface area contributed by atoms with Crippen molar-refractivity contribution in [2.45, 2.75) is 12.5 Å². The van der Waals surface area contributed by atoms with Crippen LogP contribution < -0.4 is 15.9 Å². The number of rotatable bonds is 3. The van der Waals surface area contributed by atoms with Gasteiger partial charge in [-0.15, -0.1) is 0 Å². The van der Waals surface area contributed by atoms with E-state index in [0.717, 1.165) is 0 Å². The fraction of sp³-hybridized carbons (Fsp3) is 0.500. The van der Waals surface area contributed by atoms with Crippen molar-refractivity contribution in [3.8, 4) is 0 Å². The molecule has 1 atom stereocenters. The fourth-order valence-electron chi connectivity index (χ4n) is 0.263. The molecule has 0 aliphatic rings. The fourth-order valence-corrected chi connectivity index (χ4v) is 0.263. The van der Waals surface area contributed by atoms with Crippen LogP contribution in [0, 0.1) is 0 Å². The molecular weight excluding hydrogens is 239 g/mol. The van der Waals surface area contributed by atoms with Gasteiger partial charge in [-0.3, -0.25) is 0 Å². The molecule has 0 aliphatic carbocycles. The summed E-state index contributed by atoms with van der Waals surface area (Å²) in [6.45, 7) is 0. The normalized spacial score (nSPS) is 8.69. The molecule has 0 aromatic heterocycles. The van der Waals surface area contributed by atoms with Crippen LogP contribution in [0.3, 0.4) is 0 Å². The van der Waals surface area contributed by atoms with Crippen LogP contribution in [0.1, 0.15) is 6.42 Å². The van der Waals surface area contributed by atoms with E-state index < -0.39 is 24.4 Å². The van der Waals surface area contributed by atoms with E-state index in [2.05, 4.69) is 0 Å². The first kappa shape index (κ1) is 29.4. The van der Waals surface area contributed by atoms with Crippen molar-refractivity contribution in [3.05, 3.63) is 0 Å². The summed E-state index contributed by atoms with van der Waals surface area (Å²) in [5.41, 5.74) is 4.73. The van der Waals surface area contributed by atoms with Gasteiger partial charge in [0.05, 0.1) is 5.97 Å². The van der Waals surface area contributed by atoms with E-state index in [1.54, 1.807) is 0 Å². The minimum atomic E-state index is -1.58. The van der Waals surface area contributed by atoms with Crippen molar-refractivity contribution in [2.75, 3.05) is 0 Å². The Labute approximate surface area is 86.4 Å². The Bertz CT molecular complexity index is 140. The molecule has 0 aromatic carbocycles. The molecule has 9 heteroatoms. The summed E-state index contributed by atoms with van der Waals surface area (Å²) in [6, 6.07) is -1.46. The van der Waals surface area contributed by atoms with Crippen molar-refractivity contribution in [3.63, 3.8) is 0 Å². The summed E-state index contributed by atoms with van der Waals surface area (Å²) in [5, 5.41) is 19.3. The first-order chi connectivity index (χ1) is 4.04. The van der Waals surface area contributed by atoms with Gasteiger partial charge in [0.2, 0.25) is 0 Å². The van der Waals surface area contributed by atoms with Crippen LogP contribution in [-0.4, -0.2) is 34.4 Å². The Balaban J connectivity index is -0.0000000533. The topological polar surface area (TPSA) is 201 Å². The second kappa shape index (κ2) is 14.0. The van der Waals surface area contributed by atoms with Crippen molar-refractivity contribution >= 4 is 11.9 Å². The predicted octanol–water partition coefficient (Wildman–Crippen LogP) is -6.27. The number of carbonyl (C=O) groups excluding carboxylic acids is 2. The van der Waals surface area contributed by atoms with Crippen molar-refractivity contribution in [1.29, 1.82) is 0 Å². The second-order valence-corrected chi connectivity index (χ2v) is 1.50. The number of carboxylic acids is 2.